The van der Waals surface area contributed by atoms with Crippen molar-refractivity contribution in [1.82, 2.24) is 10.2 Å². The number of carbonyl (C=O) groups excluding carboxylic acids is 4. The van der Waals surface area contributed by atoms with Gasteiger partial charge in [-0.3, -0.25) is 29.4 Å². The minimum absolute atomic E-state index is 0.0300. The minimum atomic E-state index is -1.07. The Morgan fingerprint density at radius 3 is 2.57 bits per heavy atom. The first-order chi connectivity index (χ1) is 9.86. The molecule has 1 atom stereocenters. The Labute approximate surface area is 120 Å². The molecule has 0 aliphatic carbocycles. The van der Waals surface area contributed by atoms with Gasteiger partial charge >= 0.3 is 0 Å². The number of likely N-dealkylation sites (tertiary alicyclic amines) is 1. The number of imide groups is 2. The molecular weight excluding hydrogens is 279 g/mol. The van der Waals surface area contributed by atoms with Crippen LogP contribution in [0.5, 0.6) is 0 Å². The first kappa shape index (κ1) is 14.8. The van der Waals surface area contributed by atoms with Gasteiger partial charge in [0.25, 0.3) is 11.8 Å². The molecule has 21 heavy (non-hydrogen) atoms. The van der Waals surface area contributed by atoms with Crippen LogP contribution in [0.15, 0.2) is 35.7 Å². The molecule has 2 fully saturated rings. The van der Waals surface area contributed by atoms with Gasteiger partial charge in [0.2, 0.25) is 11.8 Å². The number of hydrogen-bond acceptors (Lipinski definition) is 4. The third kappa shape index (κ3) is 2.54. The lowest BCUT2D eigenvalue weighted by atomic mass is 10.0. The van der Waals surface area contributed by atoms with E-state index in [0.29, 0.717) is 0 Å². The van der Waals surface area contributed by atoms with Crippen LogP contribution in [-0.2, 0) is 19.2 Å². The van der Waals surface area contributed by atoms with Gasteiger partial charge in [0, 0.05) is 12.0 Å². The molecule has 2 saturated heterocycles. The van der Waals surface area contributed by atoms with Crippen molar-refractivity contribution in [2.45, 2.75) is 25.8 Å². The molecular formula is C14H13FN2O4. The van der Waals surface area contributed by atoms with Crippen molar-refractivity contribution in [3.8, 4) is 0 Å². The van der Waals surface area contributed by atoms with Crippen molar-refractivity contribution in [2.75, 3.05) is 0 Å². The molecule has 1 unspecified atom stereocenters. The van der Waals surface area contributed by atoms with Crippen molar-refractivity contribution in [2.24, 2.45) is 0 Å². The molecule has 7 heteroatoms. The van der Waals surface area contributed by atoms with E-state index in [0.717, 1.165) is 17.1 Å². The topological polar surface area (TPSA) is 83.6 Å². The first-order valence-electron chi connectivity index (χ1n) is 6.31. The van der Waals surface area contributed by atoms with Gasteiger partial charge in [-0.25, -0.2) is 4.39 Å². The zero-order chi connectivity index (χ0) is 15.7. The maximum Gasteiger partial charge on any atom is 0.262 e. The molecule has 0 bridgehead atoms. The van der Waals surface area contributed by atoms with Gasteiger partial charge in [-0.15, -0.1) is 0 Å². The van der Waals surface area contributed by atoms with Crippen LogP contribution in [0.4, 0.5) is 4.39 Å². The summed E-state index contributed by atoms with van der Waals surface area (Å²) in [6, 6.07) is -1.07. The number of halogens is 1. The summed E-state index contributed by atoms with van der Waals surface area (Å²) in [4.78, 5) is 47.9. The highest BCUT2D eigenvalue weighted by atomic mass is 19.1. The van der Waals surface area contributed by atoms with E-state index in [-0.39, 0.29) is 24.0 Å². The fourth-order valence-electron chi connectivity index (χ4n) is 2.19. The second kappa shape index (κ2) is 5.43. The van der Waals surface area contributed by atoms with Crippen LogP contribution >= 0.6 is 0 Å². The van der Waals surface area contributed by atoms with E-state index in [9.17, 15) is 23.6 Å². The summed E-state index contributed by atoms with van der Waals surface area (Å²) < 4.78 is 13.3. The summed E-state index contributed by atoms with van der Waals surface area (Å²) in [7, 11) is 0. The summed E-state index contributed by atoms with van der Waals surface area (Å²) in [5.74, 6) is -3.38. The van der Waals surface area contributed by atoms with Crippen molar-refractivity contribution in [1.29, 1.82) is 0 Å². The number of nitrogens with zero attached hydrogens (tertiary/aromatic N) is 1. The molecule has 0 aromatic carbocycles. The molecule has 0 radical (unpaired) electrons. The standard InChI is InChI=1S/C14H13FN2O4/c1-3-8(15)6-9-7(2)13(20)17(14(9)21)10-4-5-11(18)16-12(10)19/h3,6,10H,2,4-5H2,1H3,(H,16,18,19)/b8-3+,9-6+. The quantitative estimate of drug-likeness (QED) is 0.594. The summed E-state index contributed by atoms with van der Waals surface area (Å²) in [6.45, 7) is 4.91. The average Bonchev–Trinajstić information content (AvgIpc) is 2.64. The van der Waals surface area contributed by atoms with Crippen molar-refractivity contribution < 1.29 is 23.6 Å². The molecule has 2 aliphatic heterocycles. The molecule has 4 amide bonds. The van der Waals surface area contributed by atoms with Crippen LogP contribution in [0.3, 0.4) is 0 Å². The van der Waals surface area contributed by atoms with E-state index in [1.54, 1.807) is 0 Å². The highest BCUT2D eigenvalue weighted by Gasteiger charge is 2.45. The Balaban J connectivity index is 2.34. The lowest BCUT2D eigenvalue weighted by molar-refractivity contribution is -0.149. The molecule has 110 valence electrons. The largest absolute Gasteiger partial charge is 0.295 e. The van der Waals surface area contributed by atoms with E-state index < -0.39 is 35.5 Å². The van der Waals surface area contributed by atoms with Crippen molar-refractivity contribution in [3.05, 3.63) is 35.7 Å². The van der Waals surface area contributed by atoms with E-state index in [2.05, 4.69) is 11.9 Å². The maximum atomic E-state index is 13.3. The Hall–Kier alpha value is -2.57. The van der Waals surface area contributed by atoms with Crippen molar-refractivity contribution >= 4 is 23.6 Å². The smallest absolute Gasteiger partial charge is 0.262 e. The summed E-state index contributed by atoms with van der Waals surface area (Å²) in [6.07, 6.45) is 2.12. The van der Waals surface area contributed by atoms with Crippen LogP contribution in [-0.4, -0.2) is 34.6 Å². The molecule has 0 saturated carbocycles. The van der Waals surface area contributed by atoms with Crippen LogP contribution < -0.4 is 5.32 Å². The Kier molecular flexibility index (Phi) is 3.84. The number of amides is 4. The Morgan fingerprint density at radius 2 is 2.00 bits per heavy atom. The van der Waals surface area contributed by atoms with Gasteiger partial charge in [0.1, 0.15) is 11.9 Å². The zero-order valence-corrected chi connectivity index (χ0v) is 11.3. The summed E-state index contributed by atoms with van der Waals surface area (Å²) in [5.41, 5.74) is -0.345. The number of nitrogens with one attached hydrogen (secondary N) is 1. The second-order valence-corrected chi connectivity index (χ2v) is 4.66. The van der Waals surface area contributed by atoms with Gasteiger partial charge in [-0.1, -0.05) is 12.7 Å². The van der Waals surface area contributed by atoms with E-state index >= 15 is 0 Å². The predicted molar refractivity (Wildman–Crippen MR) is 70.1 cm³/mol. The van der Waals surface area contributed by atoms with Gasteiger partial charge in [-0.2, -0.15) is 0 Å². The number of piperidine rings is 1. The fraction of sp³-hybridized carbons (Fsp3) is 0.286. The molecule has 2 rings (SSSR count). The fourth-order valence-corrected chi connectivity index (χ4v) is 2.19. The Bertz CT molecular complexity index is 633. The second-order valence-electron chi connectivity index (χ2n) is 4.66. The van der Waals surface area contributed by atoms with Gasteiger partial charge in [0.05, 0.1) is 5.57 Å². The Morgan fingerprint density at radius 1 is 1.33 bits per heavy atom. The van der Waals surface area contributed by atoms with Crippen LogP contribution in [0.2, 0.25) is 0 Å². The van der Waals surface area contributed by atoms with Crippen LogP contribution in [0.1, 0.15) is 19.8 Å². The first-order valence-corrected chi connectivity index (χ1v) is 6.31. The molecule has 0 spiro atoms. The summed E-state index contributed by atoms with van der Waals surface area (Å²) in [5, 5.41) is 2.07. The number of allylic oxidation sites excluding steroid dienone is 3. The molecule has 0 aromatic heterocycles. The van der Waals surface area contributed by atoms with E-state index in [4.69, 9.17) is 0 Å². The SMILES string of the molecule is C=C1C(=O)N(C2CCC(=O)NC2=O)C(=O)/C1=C/C(F)=C\C. The third-order valence-electron chi connectivity index (χ3n) is 3.33. The minimum Gasteiger partial charge on any atom is -0.295 e. The maximum absolute atomic E-state index is 13.3. The number of hydrogen-bond donors (Lipinski definition) is 1. The lowest BCUT2D eigenvalue weighted by Gasteiger charge is -2.27. The predicted octanol–water partition coefficient (Wildman–Crippen LogP) is 0.516. The zero-order valence-electron chi connectivity index (χ0n) is 11.3. The molecule has 2 heterocycles. The third-order valence-corrected chi connectivity index (χ3v) is 3.33. The number of rotatable bonds is 2. The average molecular weight is 292 g/mol. The normalized spacial score (nSPS) is 25.9. The summed E-state index contributed by atoms with van der Waals surface area (Å²) >= 11 is 0. The molecule has 2 aliphatic rings. The molecule has 1 N–H and O–H groups in total. The molecule has 6 nitrogen and oxygen atoms in total. The van der Waals surface area contributed by atoms with Crippen LogP contribution in [0.25, 0.3) is 0 Å². The van der Waals surface area contributed by atoms with Crippen molar-refractivity contribution in [3.63, 3.8) is 0 Å². The highest BCUT2D eigenvalue weighted by molar-refractivity contribution is 6.26. The highest BCUT2D eigenvalue weighted by Crippen LogP contribution is 2.29. The number of carbonyl (C=O) groups is 4. The van der Waals surface area contributed by atoms with Gasteiger partial charge in [0.15, 0.2) is 0 Å². The monoisotopic (exact) mass is 292 g/mol. The molecule has 0 aromatic rings. The van der Waals surface area contributed by atoms with Gasteiger partial charge < -0.3 is 0 Å². The van der Waals surface area contributed by atoms with E-state index in [1.807, 2.05) is 0 Å². The van der Waals surface area contributed by atoms with Crippen LogP contribution in [0, 0.1) is 0 Å². The lowest BCUT2D eigenvalue weighted by Crippen LogP contribution is -2.54. The van der Waals surface area contributed by atoms with Gasteiger partial charge in [-0.05, 0) is 19.4 Å². The van der Waals surface area contributed by atoms with E-state index in [1.165, 1.54) is 6.92 Å².